The van der Waals surface area contributed by atoms with Crippen LogP contribution in [0.3, 0.4) is 0 Å². The summed E-state index contributed by atoms with van der Waals surface area (Å²) in [5, 5.41) is 17.7. The Labute approximate surface area is 156 Å². The average molecular weight is 358 g/mol. The van der Waals surface area contributed by atoms with E-state index in [0.717, 1.165) is 36.3 Å². The first kappa shape index (κ1) is 18.9. The fourth-order valence-corrected chi connectivity index (χ4v) is 3.10. The molecule has 142 valence electrons. The van der Waals surface area contributed by atoms with E-state index in [1.807, 2.05) is 12.1 Å². The zero-order chi connectivity index (χ0) is 18.2. The van der Waals surface area contributed by atoms with Gasteiger partial charge >= 0.3 is 0 Å². The van der Waals surface area contributed by atoms with Gasteiger partial charge in [-0.15, -0.1) is 0 Å². The number of aliphatic hydroxyl groups excluding tert-OH is 1. The maximum Gasteiger partial charge on any atom is 0.144 e. The highest BCUT2D eigenvalue weighted by Gasteiger charge is 2.21. The number of nitrogens with one attached hydrogen (secondary N) is 1. The second kappa shape index (κ2) is 9.74. The molecule has 0 aromatic heterocycles. The first-order chi connectivity index (χ1) is 12.7. The highest BCUT2D eigenvalue weighted by atomic mass is 16.6. The van der Waals surface area contributed by atoms with Gasteiger partial charge in [0.05, 0.1) is 12.8 Å². The number of nitrogens with zero attached hydrogens (tertiary/aromatic N) is 1. The fourth-order valence-electron chi connectivity index (χ4n) is 3.10. The minimum atomic E-state index is -0.514. The van der Waals surface area contributed by atoms with Gasteiger partial charge in [-0.3, -0.25) is 0 Å². The highest BCUT2D eigenvalue weighted by Crippen LogP contribution is 2.24. The van der Waals surface area contributed by atoms with E-state index in [4.69, 9.17) is 9.57 Å². The Hall–Kier alpha value is -1.85. The highest BCUT2D eigenvalue weighted by molar-refractivity contribution is 6.03. The minimum Gasteiger partial charge on any atom is -0.497 e. The van der Waals surface area contributed by atoms with Crippen LogP contribution in [0, 0.1) is 0 Å². The molecule has 0 saturated heterocycles. The Kier molecular flexibility index (Phi) is 7.09. The van der Waals surface area contributed by atoms with Crippen molar-refractivity contribution in [2.24, 2.45) is 5.16 Å². The van der Waals surface area contributed by atoms with Crippen LogP contribution in [-0.4, -0.2) is 43.2 Å². The fraction of sp³-hybridized carbons (Fsp3) is 0.571. The number of hydrogen-bond acceptors (Lipinski definition) is 5. The van der Waals surface area contributed by atoms with Gasteiger partial charge in [-0.2, -0.15) is 0 Å². The molecule has 0 amide bonds. The lowest BCUT2D eigenvalue weighted by molar-refractivity contribution is 0.0400. The summed E-state index contributed by atoms with van der Waals surface area (Å²) in [5.41, 5.74) is 3.39. The number of rotatable bonds is 8. The Bertz CT molecular complexity index is 621. The molecule has 1 atom stereocenters. The summed E-state index contributed by atoms with van der Waals surface area (Å²) in [6.07, 6.45) is 9.58. The van der Waals surface area contributed by atoms with E-state index in [9.17, 15) is 5.11 Å². The van der Waals surface area contributed by atoms with Gasteiger partial charge in [-0.1, -0.05) is 23.7 Å². The van der Waals surface area contributed by atoms with E-state index in [1.54, 1.807) is 7.11 Å². The van der Waals surface area contributed by atoms with Crippen LogP contribution in [0.25, 0.3) is 6.08 Å². The molecule has 0 aliphatic heterocycles. The zero-order valence-corrected chi connectivity index (χ0v) is 15.6. The molecule has 5 nitrogen and oxygen atoms in total. The monoisotopic (exact) mass is 358 g/mol. The summed E-state index contributed by atoms with van der Waals surface area (Å²) >= 11 is 0. The molecule has 2 aliphatic rings. The third kappa shape index (κ3) is 6.15. The molecular formula is C21H30N2O3. The molecule has 0 unspecified atom stereocenters. The largest absolute Gasteiger partial charge is 0.497 e. The Morgan fingerprint density at radius 2 is 1.96 bits per heavy atom. The molecule has 2 saturated carbocycles. The first-order valence-electron chi connectivity index (χ1n) is 9.70. The van der Waals surface area contributed by atoms with Crippen LogP contribution in [0.5, 0.6) is 5.75 Å². The van der Waals surface area contributed by atoms with Gasteiger partial charge in [0.2, 0.25) is 0 Å². The predicted molar refractivity (Wildman–Crippen MR) is 104 cm³/mol. The molecule has 2 aliphatic carbocycles. The lowest BCUT2D eigenvalue weighted by Crippen LogP contribution is -2.31. The van der Waals surface area contributed by atoms with E-state index in [1.165, 1.54) is 31.3 Å². The predicted octanol–water partition coefficient (Wildman–Crippen LogP) is 3.53. The van der Waals surface area contributed by atoms with Crippen LogP contribution in [0.15, 0.2) is 35.0 Å². The maximum absolute atomic E-state index is 9.98. The molecule has 0 radical (unpaired) electrons. The summed E-state index contributed by atoms with van der Waals surface area (Å²) in [5.74, 6) is 0.860. The normalized spacial score (nSPS) is 22.2. The van der Waals surface area contributed by atoms with Gasteiger partial charge in [-0.25, -0.2) is 0 Å². The summed E-state index contributed by atoms with van der Waals surface area (Å²) in [6, 6.07) is 8.65. The van der Waals surface area contributed by atoms with Crippen molar-refractivity contribution >= 4 is 11.8 Å². The van der Waals surface area contributed by atoms with Crippen LogP contribution in [0.1, 0.15) is 50.5 Å². The number of benzene rings is 1. The van der Waals surface area contributed by atoms with E-state index in [2.05, 4.69) is 28.7 Å². The van der Waals surface area contributed by atoms with Crippen LogP contribution >= 0.6 is 0 Å². The molecular weight excluding hydrogens is 328 g/mol. The number of aliphatic hydroxyl groups is 1. The number of methoxy groups -OCH3 is 1. The molecule has 5 heteroatoms. The summed E-state index contributed by atoms with van der Waals surface area (Å²) < 4.78 is 5.22. The molecule has 2 N–H and O–H groups in total. The van der Waals surface area contributed by atoms with Crippen LogP contribution in [0.2, 0.25) is 0 Å². The SMILES string of the molecule is COc1ccc(/C=C2\CCCCC\C2=N/OC[C@@H](O)CNC2CC2)cc1. The Balaban J connectivity index is 1.60. The second-order valence-corrected chi connectivity index (χ2v) is 7.17. The standard InChI is InChI=1S/C21H30N2O3/c1-25-20-11-7-16(8-12-20)13-17-5-3-2-4-6-21(17)23-26-15-19(24)14-22-18-9-10-18/h7-8,11-13,18-19,22,24H,2-6,9-10,14-15H2,1H3/b17-13+,23-21+/t19-/m0/s1. The maximum atomic E-state index is 9.98. The van der Waals surface area contributed by atoms with Gasteiger partial charge in [0.15, 0.2) is 0 Å². The molecule has 1 aromatic rings. The topological polar surface area (TPSA) is 63.1 Å². The van der Waals surface area contributed by atoms with Crippen molar-refractivity contribution in [3.63, 3.8) is 0 Å². The van der Waals surface area contributed by atoms with Gasteiger partial charge in [0.1, 0.15) is 18.5 Å². The summed E-state index contributed by atoms with van der Waals surface area (Å²) in [7, 11) is 1.68. The smallest absolute Gasteiger partial charge is 0.144 e. The van der Waals surface area contributed by atoms with Crippen LogP contribution in [-0.2, 0) is 4.84 Å². The lowest BCUT2D eigenvalue weighted by atomic mass is 10.0. The van der Waals surface area contributed by atoms with Crippen LogP contribution < -0.4 is 10.1 Å². The molecule has 2 fully saturated rings. The number of oxime groups is 1. The quantitative estimate of drug-likeness (QED) is 0.551. The van der Waals surface area contributed by atoms with Gasteiger partial charge in [0, 0.05) is 12.6 Å². The van der Waals surface area contributed by atoms with Crippen molar-refractivity contribution in [1.82, 2.24) is 5.32 Å². The third-order valence-corrected chi connectivity index (χ3v) is 4.85. The summed E-state index contributed by atoms with van der Waals surface area (Å²) in [6.45, 7) is 0.809. The molecule has 0 bridgehead atoms. The van der Waals surface area contributed by atoms with E-state index in [0.29, 0.717) is 12.6 Å². The van der Waals surface area contributed by atoms with Gasteiger partial charge < -0.3 is 20.0 Å². The Morgan fingerprint density at radius 3 is 2.69 bits per heavy atom. The molecule has 0 heterocycles. The van der Waals surface area contributed by atoms with E-state index in [-0.39, 0.29) is 6.61 Å². The minimum absolute atomic E-state index is 0.235. The van der Waals surface area contributed by atoms with Crippen LogP contribution in [0.4, 0.5) is 0 Å². The Morgan fingerprint density at radius 1 is 1.19 bits per heavy atom. The second-order valence-electron chi connectivity index (χ2n) is 7.17. The van der Waals surface area contributed by atoms with Crippen molar-refractivity contribution in [2.75, 3.05) is 20.3 Å². The van der Waals surface area contributed by atoms with Gasteiger partial charge in [-0.05, 0) is 67.9 Å². The molecule has 0 spiro atoms. The number of ether oxygens (including phenoxy) is 1. The molecule has 1 aromatic carbocycles. The third-order valence-electron chi connectivity index (χ3n) is 4.85. The van der Waals surface area contributed by atoms with Crippen molar-refractivity contribution < 1.29 is 14.7 Å². The van der Waals surface area contributed by atoms with Gasteiger partial charge in [0.25, 0.3) is 0 Å². The van der Waals surface area contributed by atoms with E-state index < -0.39 is 6.10 Å². The lowest BCUT2D eigenvalue weighted by Gasteiger charge is -2.12. The number of hydrogen-bond donors (Lipinski definition) is 2. The average Bonchev–Trinajstić information content (AvgIpc) is 3.49. The van der Waals surface area contributed by atoms with Crippen molar-refractivity contribution in [1.29, 1.82) is 0 Å². The van der Waals surface area contributed by atoms with Crippen molar-refractivity contribution in [2.45, 2.75) is 57.1 Å². The first-order valence-corrected chi connectivity index (χ1v) is 9.70. The summed E-state index contributed by atoms with van der Waals surface area (Å²) in [4.78, 5) is 5.48. The van der Waals surface area contributed by atoms with Crippen molar-refractivity contribution in [3.8, 4) is 5.75 Å². The molecule has 3 rings (SSSR count). The van der Waals surface area contributed by atoms with E-state index >= 15 is 0 Å². The zero-order valence-electron chi connectivity index (χ0n) is 15.6. The number of allylic oxidation sites excluding steroid dienone is 1. The van der Waals surface area contributed by atoms with Crippen molar-refractivity contribution in [3.05, 3.63) is 35.4 Å². The molecule has 26 heavy (non-hydrogen) atoms.